The van der Waals surface area contributed by atoms with E-state index < -0.39 is 29.6 Å². The number of hydrogen-bond donors (Lipinski definition) is 0. The maximum Gasteiger partial charge on any atom is 0.380 e. The molecule has 0 saturated carbocycles. The second-order valence-corrected chi connectivity index (χ2v) is 7.99. The average molecular weight is 402 g/mol. The van der Waals surface area contributed by atoms with Gasteiger partial charge in [0, 0.05) is 5.56 Å². The van der Waals surface area contributed by atoms with E-state index in [1.165, 1.54) is 0 Å². The van der Waals surface area contributed by atoms with Gasteiger partial charge in [-0.05, 0) is 31.9 Å². The summed E-state index contributed by atoms with van der Waals surface area (Å²) in [5.74, 6) is -1.59. The molecule has 3 rings (SSSR count). The molecule has 4 nitrogen and oxygen atoms in total. The highest BCUT2D eigenvalue weighted by Gasteiger charge is 2.34. The second-order valence-electron chi connectivity index (χ2n) is 7.99. The second kappa shape index (κ2) is 9.51. The summed E-state index contributed by atoms with van der Waals surface area (Å²) < 4.78 is 12.1. The SMILES string of the molecule is CC(C)(C)O[C@@H](c1ccccc1)[C@H](OC(=O)C(=O)c1ccccc1)c1ccccc1. The van der Waals surface area contributed by atoms with Crippen molar-refractivity contribution in [1.29, 1.82) is 0 Å². The number of carbonyl (C=O) groups is 2. The highest BCUT2D eigenvalue weighted by atomic mass is 16.6. The molecule has 0 bridgehead atoms. The minimum absolute atomic E-state index is 0.294. The minimum Gasteiger partial charge on any atom is -0.448 e. The fraction of sp³-hybridized carbons (Fsp3) is 0.231. The Morgan fingerprint density at radius 3 is 1.57 bits per heavy atom. The molecule has 2 atom stereocenters. The third kappa shape index (κ3) is 5.65. The molecule has 4 heteroatoms. The van der Waals surface area contributed by atoms with Crippen LogP contribution in [0.2, 0.25) is 0 Å². The molecule has 3 aromatic carbocycles. The predicted octanol–water partition coefficient (Wildman–Crippen LogP) is 5.71. The molecule has 0 aliphatic carbocycles. The number of esters is 1. The van der Waals surface area contributed by atoms with Crippen molar-refractivity contribution in [3.8, 4) is 0 Å². The zero-order chi connectivity index (χ0) is 21.6. The Kier molecular flexibility index (Phi) is 6.80. The first-order chi connectivity index (χ1) is 14.3. The van der Waals surface area contributed by atoms with Gasteiger partial charge in [-0.3, -0.25) is 4.79 Å². The molecule has 154 valence electrons. The van der Waals surface area contributed by atoms with E-state index in [0.29, 0.717) is 5.56 Å². The number of benzene rings is 3. The molecule has 30 heavy (non-hydrogen) atoms. The van der Waals surface area contributed by atoms with Crippen molar-refractivity contribution in [2.75, 3.05) is 0 Å². The summed E-state index contributed by atoms with van der Waals surface area (Å²) in [6, 6.07) is 27.4. The Morgan fingerprint density at radius 2 is 1.10 bits per heavy atom. The quantitative estimate of drug-likeness (QED) is 0.289. The topological polar surface area (TPSA) is 52.6 Å². The summed E-state index contributed by atoms with van der Waals surface area (Å²) in [4.78, 5) is 25.4. The van der Waals surface area contributed by atoms with Crippen molar-refractivity contribution < 1.29 is 19.1 Å². The van der Waals surface area contributed by atoms with Crippen LogP contribution in [0.3, 0.4) is 0 Å². The van der Waals surface area contributed by atoms with Crippen LogP contribution in [0.15, 0.2) is 91.0 Å². The fourth-order valence-corrected chi connectivity index (χ4v) is 3.15. The summed E-state index contributed by atoms with van der Waals surface area (Å²) in [5.41, 5.74) is 1.41. The first-order valence-electron chi connectivity index (χ1n) is 9.93. The molecule has 0 spiro atoms. The van der Waals surface area contributed by atoms with Crippen LogP contribution in [-0.2, 0) is 14.3 Å². The van der Waals surface area contributed by atoms with Crippen molar-refractivity contribution in [2.24, 2.45) is 0 Å². The van der Waals surface area contributed by atoms with E-state index in [2.05, 4.69) is 0 Å². The Labute approximate surface area is 177 Å². The highest BCUT2D eigenvalue weighted by molar-refractivity contribution is 6.40. The molecule has 0 aliphatic rings. The van der Waals surface area contributed by atoms with Gasteiger partial charge in [-0.15, -0.1) is 0 Å². The van der Waals surface area contributed by atoms with Gasteiger partial charge in [0.2, 0.25) is 0 Å². The molecular formula is C26H26O4. The summed E-state index contributed by atoms with van der Waals surface area (Å²) in [6.07, 6.45) is -1.37. The van der Waals surface area contributed by atoms with Crippen LogP contribution in [-0.4, -0.2) is 17.4 Å². The summed E-state index contributed by atoms with van der Waals surface area (Å²) in [6.45, 7) is 5.84. The van der Waals surface area contributed by atoms with Crippen molar-refractivity contribution in [3.05, 3.63) is 108 Å². The Bertz CT molecular complexity index is 960. The van der Waals surface area contributed by atoms with E-state index in [1.54, 1.807) is 30.3 Å². The van der Waals surface area contributed by atoms with Gasteiger partial charge >= 0.3 is 5.97 Å². The van der Waals surface area contributed by atoms with E-state index in [0.717, 1.165) is 11.1 Å². The van der Waals surface area contributed by atoms with Crippen LogP contribution in [0.5, 0.6) is 0 Å². The maximum absolute atomic E-state index is 12.8. The zero-order valence-corrected chi connectivity index (χ0v) is 17.4. The van der Waals surface area contributed by atoms with E-state index in [1.807, 2.05) is 81.4 Å². The number of ether oxygens (including phenoxy) is 2. The average Bonchev–Trinajstić information content (AvgIpc) is 2.76. The van der Waals surface area contributed by atoms with Gasteiger partial charge in [0.05, 0.1) is 5.60 Å². The number of ketones is 1. The predicted molar refractivity (Wildman–Crippen MR) is 116 cm³/mol. The Hall–Kier alpha value is -3.24. The number of hydrogen-bond acceptors (Lipinski definition) is 4. The van der Waals surface area contributed by atoms with Gasteiger partial charge in [-0.2, -0.15) is 0 Å². The maximum atomic E-state index is 12.8. The van der Waals surface area contributed by atoms with Gasteiger partial charge in [0.15, 0.2) is 6.10 Å². The standard InChI is InChI=1S/C26H26O4/c1-26(2,3)30-24(21-17-11-6-12-18-21)23(20-15-9-5-10-16-20)29-25(28)22(27)19-13-7-4-8-14-19/h4-18,23-24H,1-3H3/t23-,24+/m1/s1. The number of rotatable bonds is 7. The van der Waals surface area contributed by atoms with E-state index in [9.17, 15) is 9.59 Å². The largest absolute Gasteiger partial charge is 0.448 e. The molecule has 0 fully saturated rings. The molecule has 0 aromatic heterocycles. The summed E-state index contributed by atoms with van der Waals surface area (Å²) in [7, 11) is 0. The highest BCUT2D eigenvalue weighted by Crippen LogP contribution is 2.38. The van der Waals surface area contributed by atoms with Crippen LogP contribution < -0.4 is 0 Å². The van der Waals surface area contributed by atoms with Crippen molar-refractivity contribution in [2.45, 2.75) is 38.6 Å². The zero-order valence-electron chi connectivity index (χ0n) is 17.4. The number of carbonyl (C=O) groups excluding carboxylic acids is 2. The van der Waals surface area contributed by atoms with Crippen LogP contribution in [0.4, 0.5) is 0 Å². The first-order valence-corrected chi connectivity index (χ1v) is 9.93. The van der Waals surface area contributed by atoms with Crippen molar-refractivity contribution in [1.82, 2.24) is 0 Å². The monoisotopic (exact) mass is 402 g/mol. The lowest BCUT2D eigenvalue weighted by Gasteiger charge is -2.33. The molecule has 0 amide bonds. The minimum atomic E-state index is -0.909. The van der Waals surface area contributed by atoms with Crippen LogP contribution >= 0.6 is 0 Å². The molecule has 0 saturated heterocycles. The molecule has 0 radical (unpaired) electrons. The van der Waals surface area contributed by atoms with Gasteiger partial charge in [-0.1, -0.05) is 91.0 Å². The lowest BCUT2D eigenvalue weighted by Crippen LogP contribution is -2.30. The van der Waals surface area contributed by atoms with Crippen LogP contribution in [0.1, 0.15) is 54.5 Å². The molecule has 0 aliphatic heterocycles. The Balaban J connectivity index is 1.98. The first kappa shape index (κ1) is 21.5. The van der Waals surface area contributed by atoms with Gasteiger partial charge in [0.1, 0.15) is 6.10 Å². The van der Waals surface area contributed by atoms with Crippen LogP contribution in [0.25, 0.3) is 0 Å². The van der Waals surface area contributed by atoms with Gasteiger partial charge in [0.25, 0.3) is 5.78 Å². The fourth-order valence-electron chi connectivity index (χ4n) is 3.15. The van der Waals surface area contributed by atoms with Crippen molar-refractivity contribution >= 4 is 11.8 Å². The van der Waals surface area contributed by atoms with Gasteiger partial charge < -0.3 is 9.47 Å². The van der Waals surface area contributed by atoms with E-state index in [-0.39, 0.29) is 0 Å². The van der Waals surface area contributed by atoms with Crippen molar-refractivity contribution in [3.63, 3.8) is 0 Å². The smallest absolute Gasteiger partial charge is 0.380 e. The molecule has 0 unspecified atom stereocenters. The third-order valence-corrected chi connectivity index (χ3v) is 4.47. The van der Waals surface area contributed by atoms with Gasteiger partial charge in [-0.25, -0.2) is 4.79 Å². The van der Waals surface area contributed by atoms with E-state index in [4.69, 9.17) is 9.47 Å². The molecule has 0 N–H and O–H groups in total. The lowest BCUT2D eigenvalue weighted by molar-refractivity contribution is -0.164. The van der Waals surface area contributed by atoms with E-state index >= 15 is 0 Å². The summed E-state index contributed by atoms with van der Waals surface area (Å²) >= 11 is 0. The Morgan fingerprint density at radius 1 is 0.667 bits per heavy atom. The van der Waals surface area contributed by atoms with Crippen LogP contribution in [0, 0.1) is 0 Å². The third-order valence-electron chi connectivity index (χ3n) is 4.47. The normalized spacial score (nSPS) is 13.3. The summed E-state index contributed by atoms with van der Waals surface area (Å²) in [5, 5.41) is 0. The lowest BCUT2D eigenvalue weighted by atomic mass is 9.96. The molecular weight excluding hydrogens is 376 g/mol. The number of Topliss-reactive ketones (excluding diaryl/α,β-unsaturated/α-hetero) is 1. The molecule has 0 heterocycles. The molecule has 3 aromatic rings.